The number of amides is 2. The number of carbonyl (C=O) groups is 2. The van der Waals surface area contributed by atoms with E-state index in [1.165, 1.54) is 5.56 Å². The molecule has 7 nitrogen and oxygen atoms in total. The van der Waals surface area contributed by atoms with Gasteiger partial charge in [0.05, 0.1) is 32.6 Å². The number of likely N-dealkylation sites (tertiary alicyclic amines) is 1. The zero-order valence-corrected chi connectivity index (χ0v) is 22.8. The Labute approximate surface area is 234 Å². The smallest absolute Gasteiger partial charge is 0.227 e. The lowest BCUT2D eigenvalue weighted by Gasteiger charge is -2.50. The molecule has 40 heavy (non-hydrogen) atoms. The van der Waals surface area contributed by atoms with E-state index in [2.05, 4.69) is 11.1 Å². The van der Waals surface area contributed by atoms with Crippen LogP contribution < -0.4 is 4.74 Å². The van der Waals surface area contributed by atoms with Crippen LogP contribution in [0.5, 0.6) is 5.75 Å². The first-order valence-electron chi connectivity index (χ1n) is 14.0. The lowest BCUT2D eigenvalue weighted by atomic mass is 9.68. The van der Waals surface area contributed by atoms with Crippen molar-refractivity contribution in [1.82, 2.24) is 14.8 Å². The van der Waals surface area contributed by atoms with E-state index in [0.717, 1.165) is 46.3 Å². The quantitative estimate of drug-likeness (QED) is 0.382. The van der Waals surface area contributed by atoms with Gasteiger partial charge in [-0.15, -0.1) is 0 Å². The molecule has 206 valence electrons. The number of carbonyl (C=O) groups excluding carboxylic acids is 2. The molecule has 0 saturated carbocycles. The Bertz CT molecular complexity index is 1510. The third kappa shape index (κ3) is 4.75. The standard InChI is InChI=1S/C33H35N3O4/c1-40-25-12-13-26-27(20-25)34-32-28(21-37)36(30(39)19-24-10-6-3-7-11-24)22-33(31(26)32)14-16-35(17-15-33)29(38)18-23-8-4-2-5-9-23/h2-13,20,28,34,37H,14-19,21-22H2,1H3/t28-/m1/s1. The van der Waals surface area contributed by atoms with Crippen molar-refractivity contribution in [2.24, 2.45) is 0 Å². The van der Waals surface area contributed by atoms with Crippen LogP contribution in [0, 0.1) is 0 Å². The van der Waals surface area contributed by atoms with Gasteiger partial charge in [0.25, 0.3) is 0 Å². The molecule has 4 aromatic rings. The fourth-order valence-electron chi connectivity index (χ4n) is 6.62. The number of hydrogen-bond donors (Lipinski definition) is 2. The number of H-pyrrole nitrogens is 1. The van der Waals surface area contributed by atoms with Gasteiger partial charge in [-0.05, 0) is 41.7 Å². The van der Waals surface area contributed by atoms with Crippen LogP contribution in [0.25, 0.3) is 10.9 Å². The number of nitrogens with zero attached hydrogens (tertiary/aromatic N) is 2. The van der Waals surface area contributed by atoms with Crippen LogP contribution >= 0.6 is 0 Å². The average Bonchev–Trinajstić information content (AvgIpc) is 3.38. The van der Waals surface area contributed by atoms with Crippen molar-refractivity contribution >= 4 is 22.7 Å². The molecule has 1 saturated heterocycles. The summed E-state index contributed by atoms with van der Waals surface area (Å²) in [7, 11) is 1.65. The van der Waals surface area contributed by atoms with Gasteiger partial charge in [-0.1, -0.05) is 60.7 Å². The van der Waals surface area contributed by atoms with E-state index >= 15 is 0 Å². The minimum atomic E-state index is -0.465. The highest BCUT2D eigenvalue weighted by molar-refractivity contribution is 5.89. The topological polar surface area (TPSA) is 85.9 Å². The molecule has 2 aliphatic heterocycles. The van der Waals surface area contributed by atoms with Gasteiger partial charge in [0.2, 0.25) is 11.8 Å². The minimum absolute atomic E-state index is 0.00547. The van der Waals surface area contributed by atoms with E-state index in [1.54, 1.807) is 7.11 Å². The normalized spacial score (nSPS) is 18.1. The number of hydrogen-bond acceptors (Lipinski definition) is 4. The Hall–Kier alpha value is -4.10. The lowest BCUT2D eigenvalue weighted by molar-refractivity contribution is -0.138. The molecule has 1 fully saturated rings. The molecule has 7 heteroatoms. The molecule has 2 N–H and O–H groups in total. The highest BCUT2D eigenvalue weighted by Gasteiger charge is 2.49. The summed E-state index contributed by atoms with van der Waals surface area (Å²) in [6.45, 7) is 1.59. The summed E-state index contributed by atoms with van der Waals surface area (Å²) in [5.74, 6) is 0.874. The Balaban J connectivity index is 1.34. The van der Waals surface area contributed by atoms with Gasteiger partial charge in [0, 0.05) is 47.7 Å². The van der Waals surface area contributed by atoms with Crippen LogP contribution in [0.4, 0.5) is 0 Å². The molecule has 3 aromatic carbocycles. The number of aliphatic hydroxyl groups is 1. The first kappa shape index (κ1) is 26.1. The van der Waals surface area contributed by atoms with Crippen LogP contribution in [-0.2, 0) is 27.8 Å². The SMILES string of the molecule is COc1ccc2c3c([nH]c2c1)[C@@H](CO)N(C(=O)Cc1ccccc1)CC31CCN(C(=O)Cc2ccccc2)CC1. The first-order chi connectivity index (χ1) is 19.5. The molecular weight excluding hydrogens is 502 g/mol. The Morgan fingerprint density at radius 2 is 1.55 bits per heavy atom. The zero-order chi connectivity index (χ0) is 27.7. The molecule has 1 aromatic heterocycles. The predicted molar refractivity (Wildman–Crippen MR) is 154 cm³/mol. The molecule has 0 unspecified atom stereocenters. The molecule has 6 rings (SSSR count). The van der Waals surface area contributed by atoms with E-state index in [9.17, 15) is 14.7 Å². The summed E-state index contributed by atoms with van der Waals surface area (Å²) in [6.07, 6.45) is 2.15. The van der Waals surface area contributed by atoms with Crippen LogP contribution in [0.15, 0.2) is 78.9 Å². The number of aromatic nitrogens is 1. The van der Waals surface area contributed by atoms with E-state index in [4.69, 9.17) is 4.74 Å². The van der Waals surface area contributed by atoms with Gasteiger partial charge in [-0.25, -0.2) is 0 Å². The molecule has 2 amide bonds. The molecule has 0 bridgehead atoms. The second-order valence-corrected chi connectivity index (χ2v) is 11.0. The van der Waals surface area contributed by atoms with E-state index in [0.29, 0.717) is 26.1 Å². The summed E-state index contributed by atoms with van der Waals surface area (Å²) in [5.41, 5.74) is 4.63. The number of aromatic amines is 1. The van der Waals surface area contributed by atoms with Crippen LogP contribution in [-0.4, -0.2) is 65.1 Å². The highest BCUT2D eigenvalue weighted by Crippen LogP contribution is 2.49. The second-order valence-electron chi connectivity index (χ2n) is 11.0. The molecule has 3 heterocycles. The van der Waals surface area contributed by atoms with Crippen LogP contribution in [0.1, 0.15) is 41.3 Å². The summed E-state index contributed by atoms with van der Waals surface area (Å²) in [4.78, 5) is 34.4. The van der Waals surface area contributed by atoms with Gasteiger partial charge >= 0.3 is 0 Å². The number of methoxy groups -OCH3 is 1. The molecule has 2 aliphatic rings. The fourth-order valence-corrected chi connectivity index (χ4v) is 6.62. The predicted octanol–water partition coefficient (Wildman–Crippen LogP) is 4.40. The number of fused-ring (bicyclic) bond motifs is 4. The number of nitrogens with one attached hydrogen (secondary N) is 1. The number of rotatable bonds is 6. The maximum Gasteiger partial charge on any atom is 0.227 e. The molecular formula is C33H35N3O4. The highest BCUT2D eigenvalue weighted by atomic mass is 16.5. The van der Waals surface area contributed by atoms with Gasteiger partial charge in [-0.2, -0.15) is 0 Å². The van der Waals surface area contributed by atoms with Crippen molar-refractivity contribution in [3.8, 4) is 5.75 Å². The third-order valence-corrected chi connectivity index (χ3v) is 8.71. The molecule has 0 aliphatic carbocycles. The van der Waals surface area contributed by atoms with Gasteiger partial charge < -0.3 is 24.6 Å². The summed E-state index contributed by atoms with van der Waals surface area (Å²) in [6, 6.07) is 25.2. The fraction of sp³-hybridized carbons (Fsp3) is 0.333. The summed E-state index contributed by atoms with van der Waals surface area (Å²) >= 11 is 0. The van der Waals surface area contributed by atoms with Crippen molar-refractivity contribution in [2.45, 2.75) is 37.1 Å². The van der Waals surface area contributed by atoms with Crippen LogP contribution in [0.3, 0.4) is 0 Å². The van der Waals surface area contributed by atoms with Crippen molar-refractivity contribution in [3.63, 3.8) is 0 Å². The van der Waals surface area contributed by atoms with E-state index < -0.39 is 6.04 Å². The van der Waals surface area contributed by atoms with Crippen molar-refractivity contribution in [2.75, 3.05) is 33.4 Å². The third-order valence-electron chi connectivity index (χ3n) is 8.71. The van der Waals surface area contributed by atoms with Gasteiger partial charge in [0.1, 0.15) is 5.75 Å². The number of ether oxygens (including phenoxy) is 1. The Morgan fingerprint density at radius 3 is 2.15 bits per heavy atom. The number of aliphatic hydroxyl groups excluding tert-OH is 1. The second kappa shape index (κ2) is 10.8. The Morgan fingerprint density at radius 1 is 0.925 bits per heavy atom. The lowest BCUT2D eigenvalue weighted by Crippen LogP contribution is -2.56. The largest absolute Gasteiger partial charge is 0.497 e. The van der Waals surface area contributed by atoms with Crippen LogP contribution in [0.2, 0.25) is 0 Å². The molecule has 1 atom stereocenters. The maximum atomic E-state index is 13.8. The van der Waals surface area contributed by atoms with Crippen molar-refractivity contribution in [3.05, 3.63) is 101 Å². The summed E-state index contributed by atoms with van der Waals surface area (Å²) < 4.78 is 5.48. The van der Waals surface area contributed by atoms with Gasteiger partial charge in [0.15, 0.2) is 0 Å². The monoisotopic (exact) mass is 537 g/mol. The molecule has 1 spiro atoms. The maximum absolute atomic E-state index is 13.8. The number of piperidine rings is 1. The Kier molecular flexibility index (Phi) is 7.07. The first-order valence-corrected chi connectivity index (χ1v) is 14.0. The molecule has 0 radical (unpaired) electrons. The van der Waals surface area contributed by atoms with E-state index in [1.807, 2.05) is 82.6 Å². The van der Waals surface area contributed by atoms with Gasteiger partial charge in [-0.3, -0.25) is 9.59 Å². The van der Waals surface area contributed by atoms with E-state index in [-0.39, 0.29) is 30.3 Å². The van der Waals surface area contributed by atoms with Crippen molar-refractivity contribution < 1.29 is 19.4 Å². The zero-order valence-electron chi connectivity index (χ0n) is 22.8. The average molecular weight is 538 g/mol. The number of benzene rings is 3. The van der Waals surface area contributed by atoms with Crippen molar-refractivity contribution in [1.29, 1.82) is 0 Å². The minimum Gasteiger partial charge on any atom is -0.497 e. The summed E-state index contributed by atoms with van der Waals surface area (Å²) in [5, 5.41) is 11.7.